The van der Waals surface area contributed by atoms with Gasteiger partial charge in [-0.25, -0.2) is 0 Å². The van der Waals surface area contributed by atoms with Gasteiger partial charge in [0.1, 0.15) is 36.8 Å². The number of likely N-dealkylation sites (N-methyl/N-ethyl adjacent to an activating group) is 2. The zero-order valence-corrected chi connectivity index (χ0v) is 59.2. The molecular formula is C78H82N8O17. The van der Waals surface area contributed by atoms with Gasteiger partial charge in [0.15, 0.2) is 59.6 Å². The number of nitriles is 2. The second kappa shape index (κ2) is 28.2. The van der Waals surface area contributed by atoms with Gasteiger partial charge in [0.25, 0.3) is 23.6 Å². The maximum atomic E-state index is 13.9. The number of hydrogen-bond donors (Lipinski definition) is 2. The first-order valence-electron chi connectivity index (χ1n) is 34.3. The van der Waals surface area contributed by atoms with E-state index < -0.39 is 24.2 Å². The number of methoxy groups -OCH3 is 4. The van der Waals surface area contributed by atoms with Crippen LogP contribution in [0.3, 0.4) is 0 Å². The van der Waals surface area contributed by atoms with Crippen molar-refractivity contribution in [2.45, 2.75) is 114 Å². The number of carbonyl (C=O) groups excluding carboxylic acids is 4. The third-order valence-corrected chi connectivity index (χ3v) is 21.9. The summed E-state index contributed by atoms with van der Waals surface area (Å²) in [6.45, 7) is 16.2. The number of rotatable bonds is 17. The Morgan fingerprint density at radius 3 is 1.35 bits per heavy atom. The molecule has 0 spiro atoms. The first-order valence-corrected chi connectivity index (χ1v) is 34.3. The Kier molecular flexibility index (Phi) is 19.1. The molecule has 10 aliphatic heterocycles. The first kappa shape index (κ1) is 69.8. The molecule has 0 aliphatic carbocycles. The number of nitrogens with one attached hydrogen (secondary N) is 1. The molecule has 536 valence electrons. The summed E-state index contributed by atoms with van der Waals surface area (Å²) in [7, 11) is 10.6. The van der Waals surface area contributed by atoms with E-state index in [0.29, 0.717) is 112 Å². The fraction of sp³-hybridized carbons (Fsp3) is 0.410. The van der Waals surface area contributed by atoms with E-state index in [4.69, 9.17) is 56.8 Å². The Bertz CT molecular complexity index is 4520. The lowest BCUT2D eigenvalue weighted by molar-refractivity contribution is -0.0832. The molecule has 25 heteroatoms. The Morgan fingerprint density at radius 2 is 0.951 bits per heavy atom. The number of carbonyl (C=O) groups is 4. The number of ether oxygens (including phenoxy) is 12. The van der Waals surface area contributed by atoms with Crippen LogP contribution in [0.1, 0.15) is 132 Å². The minimum Gasteiger partial charge on any atom is -0.493 e. The van der Waals surface area contributed by atoms with E-state index in [9.17, 15) is 34.8 Å². The van der Waals surface area contributed by atoms with Crippen LogP contribution in [0, 0.1) is 50.4 Å². The van der Waals surface area contributed by atoms with E-state index in [0.717, 1.165) is 66.8 Å². The van der Waals surface area contributed by atoms with Crippen molar-refractivity contribution in [2.75, 3.05) is 96.1 Å². The van der Waals surface area contributed by atoms with Gasteiger partial charge in [-0.2, -0.15) is 10.5 Å². The van der Waals surface area contributed by atoms with Crippen LogP contribution in [0.2, 0.25) is 0 Å². The zero-order valence-electron chi connectivity index (χ0n) is 59.2. The molecule has 4 bridgehead atoms. The van der Waals surface area contributed by atoms with Crippen LogP contribution >= 0.6 is 0 Å². The Hall–Kier alpha value is -10.2. The topological polar surface area (TPSA) is 275 Å². The van der Waals surface area contributed by atoms with Gasteiger partial charge in [-0.05, 0) is 114 Å². The third kappa shape index (κ3) is 11.1. The molecule has 4 unspecified atom stereocenters. The highest BCUT2D eigenvalue weighted by Crippen LogP contribution is 2.61. The van der Waals surface area contributed by atoms with Crippen LogP contribution in [0.25, 0.3) is 0 Å². The molecule has 6 aromatic rings. The summed E-state index contributed by atoms with van der Waals surface area (Å²) in [5, 5.41) is 34.9. The molecule has 2 fully saturated rings. The molecule has 0 aromatic heterocycles. The highest BCUT2D eigenvalue weighted by Gasteiger charge is 2.60. The Morgan fingerprint density at radius 1 is 0.544 bits per heavy atom. The van der Waals surface area contributed by atoms with E-state index in [1.807, 2.05) is 27.7 Å². The number of nitrogens with zero attached hydrogens (tertiary/aromatic N) is 7. The number of benzene rings is 6. The predicted octanol–water partition coefficient (Wildman–Crippen LogP) is 8.58. The molecule has 0 saturated carbocycles. The molecule has 6 aromatic carbocycles. The van der Waals surface area contributed by atoms with Crippen LogP contribution in [-0.4, -0.2) is 186 Å². The van der Waals surface area contributed by atoms with Crippen molar-refractivity contribution in [3.8, 4) is 69.6 Å². The van der Waals surface area contributed by atoms with E-state index in [1.165, 1.54) is 4.90 Å². The average molecular weight is 1400 g/mol. The van der Waals surface area contributed by atoms with Gasteiger partial charge in [0.05, 0.1) is 79.4 Å². The number of imide groups is 2. The van der Waals surface area contributed by atoms with Crippen LogP contribution < -0.4 is 52.7 Å². The number of fused-ring (bicyclic) bond motifs is 20. The Balaban J connectivity index is 0.000000154. The molecule has 2 N–H and O–H groups in total. The quantitative estimate of drug-likeness (QED) is 0.0491. The van der Waals surface area contributed by atoms with Gasteiger partial charge >= 0.3 is 0 Å². The summed E-state index contributed by atoms with van der Waals surface area (Å²) >= 11 is 0. The number of aryl methyl sites for hydroxylation is 2. The maximum absolute atomic E-state index is 13.9. The van der Waals surface area contributed by atoms with Crippen molar-refractivity contribution >= 4 is 23.6 Å². The van der Waals surface area contributed by atoms with Crippen molar-refractivity contribution in [2.24, 2.45) is 0 Å². The minimum absolute atomic E-state index is 0.00590. The maximum Gasteiger partial charge on any atom is 0.261 e. The lowest BCUT2D eigenvalue weighted by atomic mass is 9.71. The highest BCUT2D eigenvalue weighted by atomic mass is 16.7. The molecular weight excluding hydrogens is 1320 g/mol. The second-order valence-electron chi connectivity index (χ2n) is 27.0. The van der Waals surface area contributed by atoms with Crippen molar-refractivity contribution in [3.05, 3.63) is 175 Å². The predicted molar refractivity (Wildman–Crippen MR) is 373 cm³/mol. The van der Waals surface area contributed by atoms with Crippen molar-refractivity contribution in [1.82, 2.24) is 29.8 Å². The average Bonchev–Trinajstić information content (AvgIpc) is 1.37. The van der Waals surface area contributed by atoms with E-state index >= 15 is 0 Å². The normalized spacial score (nSPS) is 23.9. The molecule has 4 amide bonds. The number of aliphatic hydroxyl groups excluding tert-OH is 1. The summed E-state index contributed by atoms with van der Waals surface area (Å²) in [5.74, 6) is 4.95. The SMILES string of the molecule is C=CCOc1c(C)c2c(c3c1CC1[C@H]4c5c(cc(C)c(OC)c5OCOC)C[C@@H](C(C#N)N1[C@H]3CN1C(=O)c3ccccc3C1=O)N4C)OCO2.C=CCOc1c(C)c2c(c3c1CC1[C@H]4c5c(cc(C)c(OC)c5OCOC)C[C@@H](C(C#N)N1[C@H]3CO)N4C)OCO2.O=C1NC(=O)c2ccccc21. The molecule has 10 aliphatic rings. The summed E-state index contributed by atoms with van der Waals surface area (Å²) in [6, 6.07) is 19.7. The molecule has 10 atom stereocenters. The molecule has 103 heavy (non-hydrogen) atoms. The summed E-state index contributed by atoms with van der Waals surface area (Å²) < 4.78 is 71.9. The molecule has 0 radical (unpaired) electrons. The minimum atomic E-state index is -0.635. The van der Waals surface area contributed by atoms with Gasteiger partial charge in [-0.15, -0.1) is 0 Å². The lowest BCUT2D eigenvalue weighted by Gasteiger charge is -2.60. The zero-order chi connectivity index (χ0) is 72.6. The summed E-state index contributed by atoms with van der Waals surface area (Å²) in [6.07, 6.45) is 5.67. The number of hydrogen-bond acceptors (Lipinski definition) is 23. The Labute approximate surface area is 597 Å². The summed E-state index contributed by atoms with van der Waals surface area (Å²) in [5.41, 5.74) is 12.9. The standard InChI is InChI=1S/C39H40N4O8.C31H37N3O7.C8H5NO2/c1-7-12-48-34-21(3)35-37(51-19-50-35)31-25(34)15-27-32-30-22(13-20(2)33(47-6)36(30)49-18-46-5)14-26(41(32)4)28(16-40)43(27)29(31)17-42-38(44)23-10-8-9-11-24(23)39(42)45;1-7-8-38-28-17(3)29-31(41-15-40-29)25-19(28)11-21-26-24-18(9-16(2)27(37-6)30(24)39-14-36-5)10-20(33(26)4)22(12-32)34(21)23(25)13-35;10-7-5-3-1-2-4-6(5)8(11)9-7/h7-11,13,26-29,32H,1,12,14-15,17-19H2,2-6H3;7,9,20-23,26,35H,1,8,10-11,13-15H2,2-6H3;1-4H,(H,9,10,11)/t26-,27?,28?,29-,32-;20-,21?,22?,23-,26-;/m00./s1. The van der Waals surface area contributed by atoms with E-state index in [1.54, 1.807) is 89.1 Å². The van der Waals surface area contributed by atoms with Crippen molar-refractivity contribution in [3.63, 3.8) is 0 Å². The first-order chi connectivity index (χ1) is 49.9. The molecule has 16 rings (SSSR count). The van der Waals surface area contributed by atoms with E-state index in [-0.39, 0.29) is 107 Å². The number of amides is 4. The fourth-order valence-electron chi connectivity index (χ4n) is 17.9. The van der Waals surface area contributed by atoms with E-state index in [2.05, 4.69) is 76.4 Å². The number of piperazine rings is 2. The van der Waals surface area contributed by atoms with Crippen LogP contribution in [0.5, 0.6) is 57.5 Å². The molecule has 25 nitrogen and oxygen atoms in total. The highest BCUT2D eigenvalue weighted by molar-refractivity contribution is 6.22. The van der Waals surface area contributed by atoms with Crippen molar-refractivity contribution in [1.29, 1.82) is 10.5 Å². The van der Waals surface area contributed by atoms with Gasteiger partial charge < -0.3 is 61.9 Å². The third-order valence-electron chi connectivity index (χ3n) is 21.9. The smallest absolute Gasteiger partial charge is 0.261 e. The largest absolute Gasteiger partial charge is 0.493 e. The van der Waals surface area contributed by atoms with Gasteiger partial charge in [0, 0.05) is 89.4 Å². The second-order valence-corrected chi connectivity index (χ2v) is 27.0. The van der Waals surface area contributed by atoms with Gasteiger partial charge in [-0.1, -0.05) is 61.7 Å². The lowest BCUT2D eigenvalue weighted by Crippen LogP contribution is -2.69. The van der Waals surface area contributed by atoms with Crippen molar-refractivity contribution < 1.29 is 81.1 Å². The van der Waals surface area contributed by atoms with Crippen LogP contribution in [-0.2, 0) is 35.2 Å². The monoisotopic (exact) mass is 1400 g/mol. The molecule has 2 saturated heterocycles. The van der Waals surface area contributed by atoms with Gasteiger partial charge in [0.2, 0.25) is 13.6 Å². The van der Waals surface area contributed by atoms with Gasteiger partial charge in [-0.3, -0.25) is 49.0 Å². The van der Waals surface area contributed by atoms with Crippen LogP contribution in [0.15, 0.2) is 86.0 Å². The fourth-order valence-corrected chi connectivity index (χ4v) is 17.9. The molecule has 10 heterocycles. The van der Waals surface area contributed by atoms with Crippen LogP contribution in [0.4, 0.5) is 0 Å². The summed E-state index contributed by atoms with van der Waals surface area (Å²) in [4.78, 5) is 60.1. The number of aliphatic hydroxyl groups is 1.